The van der Waals surface area contributed by atoms with Crippen molar-refractivity contribution in [1.29, 1.82) is 0 Å². The Labute approximate surface area is 205 Å². The van der Waals surface area contributed by atoms with Crippen LogP contribution in [-0.4, -0.2) is 33.7 Å². The van der Waals surface area contributed by atoms with Gasteiger partial charge in [-0.3, -0.25) is 10.2 Å². The van der Waals surface area contributed by atoms with Crippen molar-refractivity contribution in [2.45, 2.75) is 26.1 Å². The van der Waals surface area contributed by atoms with Gasteiger partial charge in [0, 0.05) is 12.6 Å². The molecule has 0 aliphatic heterocycles. The predicted molar refractivity (Wildman–Crippen MR) is 133 cm³/mol. The summed E-state index contributed by atoms with van der Waals surface area (Å²) in [6.07, 6.45) is -2.99. The molecule has 0 radical (unpaired) electrons. The molecule has 0 atom stereocenters. The lowest BCUT2D eigenvalue weighted by atomic mass is 10.0. The second-order valence-corrected chi connectivity index (χ2v) is 8.03. The average molecular weight is 499 g/mol. The average Bonchev–Trinajstić information content (AvgIpc) is 3.15. The number of ether oxygens (including phenoxy) is 1. The van der Waals surface area contributed by atoms with Gasteiger partial charge in [-0.2, -0.15) is 5.10 Å². The molecule has 1 aromatic heterocycles. The number of aryl methyl sites for hydroxylation is 1. The number of benzene rings is 3. The van der Waals surface area contributed by atoms with Crippen molar-refractivity contribution in [2.75, 3.05) is 5.43 Å². The highest BCUT2D eigenvalue weighted by Gasteiger charge is 2.31. The third kappa shape index (κ3) is 6.62. The number of rotatable bonds is 6. The zero-order valence-corrected chi connectivity index (χ0v) is 19.8. The maximum atomic E-state index is 12.4. The van der Waals surface area contributed by atoms with E-state index in [0.717, 1.165) is 22.3 Å². The monoisotopic (exact) mass is 498 g/mol. The molecule has 188 valence electrons. The van der Waals surface area contributed by atoms with Gasteiger partial charge in [0.25, 0.3) is 6.47 Å². The van der Waals surface area contributed by atoms with Gasteiger partial charge in [-0.15, -0.1) is 13.2 Å². The van der Waals surface area contributed by atoms with Gasteiger partial charge in [-0.1, -0.05) is 38.1 Å². The molecule has 36 heavy (non-hydrogen) atoms. The molecule has 0 fully saturated rings. The quantitative estimate of drug-likeness (QED) is 0.182. The fraction of sp³-hybridized carbons (Fsp3) is 0.192. The van der Waals surface area contributed by atoms with E-state index in [1.54, 1.807) is 18.3 Å². The number of carbonyl (C=O) groups is 1. The minimum atomic E-state index is -4.72. The molecule has 3 aromatic carbocycles. The molecular formula is C26H25F3N4O3. The Morgan fingerprint density at radius 2 is 1.75 bits per heavy atom. The number of fused-ring (bicyclic) bond motifs is 1. The lowest BCUT2D eigenvalue weighted by molar-refractivity contribution is -0.274. The van der Waals surface area contributed by atoms with Crippen LogP contribution in [0.5, 0.6) is 5.75 Å². The van der Waals surface area contributed by atoms with E-state index in [-0.39, 0.29) is 12.2 Å². The van der Waals surface area contributed by atoms with Crippen LogP contribution >= 0.6 is 0 Å². The molecule has 0 bridgehead atoms. The van der Waals surface area contributed by atoms with Gasteiger partial charge in [0.2, 0.25) is 0 Å². The highest BCUT2D eigenvalue weighted by molar-refractivity contribution is 5.89. The number of hydrogen-bond acceptors (Lipinski definition) is 5. The molecule has 4 rings (SSSR count). The van der Waals surface area contributed by atoms with Crippen LogP contribution in [0.3, 0.4) is 0 Å². The summed E-state index contributed by atoms with van der Waals surface area (Å²) in [6, 6.07) is 19.5. The van der Waals surface area contributed by atoms with Gasteiger partial charge >= 0.3 is 6.36 Å². The van der Waals surface area contributed by atoms with Crippen molar-refractivity contribution in [2.24, 2.45) is 12.1 Å². The number of aromatic nitrogens is 2. The second kappa shape index (κ2) is 11.4. The third-order valence-corrected chi connectivity index (χ3v) is 5.23. The number of nitrogens with zero attached hydrogens (tertiary/aromatic N) is 3. The lowest BCUT2D eigenvalue weighted by Gasteiger charge is -2.11. The summed E-state index contributed by atoms with van der Waals surface area (Å²) in [7, 11) is 1.86. The largest absolute Gasteiger partial charge is 0.573 e. The van der Waals surface area contributed by atoms with Crippen molar-refractivity contribution >= 4 is 29.4 Å². The number of hydrogen-bond donors (Lipinski definition) is 2. The summed E-state index contributed by atoms with van der Waals surface area (Å²) in [5.41, 5.74) is 8.47. The number of hydrazone groups is 1. The third-order valence-electron chi connectivity index (χ3n) is 5.23. The van der Waals surface area contributed by atoms with Crippen LogP contribution in [0, 0.1) is 0 Å². The van der Waals surface area contributed by atoms with Gasteiger partial charge < -0.3 is 14.4 Å². The first-order chi connectivity index (χ1) is 17.1. The first-order valence-corrected chi connectivity index (χ1v) is 10.9. The van der Waals surface area contributed by atoms with Gasteiger partial charge in [-0.25, -0.2) is 4.98 Å². The number of carboxylic acid groups (broad SMARTS) is 1. The summed E-state index contributed by atoms with van der Waals surface area (Å²) in [5, 5.41) is 11.3. The van der Waals surface area contributed by atoms with Crippen LogP contribution in [0.15, 0.2) is 71.8 Å². The standard InChI is InChI=1S/C25H23F3N4O.CH2O2/c1-16(2)20-6-4-5-7-21(20)31-29-15-17-8-13-23-22(14-17)30-24(32(23)3)18-9-11-19(12-10-18)33-25(26,27)28;2-1-3/h4-16,31H,1-3H3;1H,(H,2,3)/b29-15+;. The summed E-state index contributed by atoms with van der Waals surface area (Å²) in [4.78, 5) is 13.0. The van der Waals surface area contributed by atoms with Crippen molar-refractivity contribution in [3.05, 3.63) is 77.9 Å². The summed E-state index contributed by atoms with van der Waals surface area (Å²) in [6.45, 7) is 4.02. The molecule has 0 amide bonds. The normalized spacial score (nSPS) is 11.4. The van der Waals surface area contributed by atoms with E-state index in [4.69, 9.17) is 9.90 Å². The Kier molecular flexibility index (Phi) is 8.31. The number of alkyl halides is 3. The van der Waals surface area contributed by atoms with Crippen LogP contribution in [0.2, 0.25) is 0 Å². The van der Waals surface area contributed by atoms with E-state index in [1.807, 2.05) is 48.0 Å². The molecule has 1 heterocycles. The maximum absolute atomic E-state index is 12.4. The fourth-order valence-electron chi connectivity index (χ4n) is 3.64. The summed E-state index contributed by atoms with van der Waals surface area (Å²) in [5.74, 6) is 0.748. The molecule has 0 saturated heterocycles. The molecule has 0 aliphatic rings. The number of imidazole rings is 1. The van der Waals surface area contributed by atoms with Crippen LogP contribution < -0.4 is 10.2 Å². The van der Waals surface area contributed by atoms with E-state index in [2.05, 4.69) is 40.2 Å². The second-order valence-electron chi connectivity index (χ2n) is 8.03. The van der Waals surface area contributed by atoms with E-state index in [0.29, 0.717) is 17.3 Å². The van der Waals surface area contributed by atoms with E-state index in [1.165, 1.54) is 17.7 Å². The van der Waals surface area contributed by atoms with Crippen LogP contribution in [0.1, 0.15) is 30.9 Å². The minimum absolute atomic E-state index is 0.250. The van der Waals surface area contributed by atoms with E-state index in [9.17, 15) is 13.2 Å². The number of nitrogens with one attached hydrogen (secondary N) is 1. The zero-order valence-electron chi connectivity index (χ0n) is 19.8. The van der Waals surface area contributed by atoms with E-state index >= 15 is 0 Å². The van der Waals surface area contributed by atoms with Crippen LogP contribution in [0.4, 0.5) is 18.9 Å². The number of anilines is 1. The van der Waals surface area contributed by atoms with Crippen molar-refractivity contribution in [1.82, 2.24) is 9.55 Å². The topological polar surface area (TPSA) is 88.7 Å². The first-order valence-electron chi connectivity index (χ1n) is 10.9. The van der Waals surface area contributed by atoms with Crippen molar-refractivity contribution in [3.8, 4) is 17.1 Å². The van der Waals surface area contributed by atoms with Gasteiger partial charge in [0.05, 0.1) is 22.9 Å². The Bertz CT molecular complexity index is 1350. The molecule has 0 saturated carbocycles. The van der Waals surface area contributed by atoms with Gasteiger partial charge in [-0.05, 0) is 59.5 Å². The number of para-hydroxylation sites is 1. The zero-order chi connectivity index (χ0) is 26.3. The summed E-state index contributed by atoms with van der Waals surface area (Å²) >= 11 is 0. The predicted octanol–water partition coefficient (Wildman–Crippen LogP) is 6.41. The van der Waals surface area contributed by atoms with Gasteiger partial charge in [0.15, 0.2) is 0 Å². The summed E-state index contributed by atoms with van der Waals surface area (Å²) < 4.78 is 43.0. The highest BCUT2D eigenvalue weighted by atomic mass is 19.4. The molecule has 0 unspecified atom stereocenters. The van der Waals surface area contributed by atoms with Crippen LogP contribution in [-0.2, 0) is 11.8 Å². The lowest BCUT2D eigenvalue weighted by Crippen LogP contribution is -2.16. The van der Waals surface area contributed by atoms with Crippen molar-refractivity contribution in [3.63, 3.8) is 0 Å². The Morgan fingerprint density at radius 1 is 1.08 bits per heavy atom. The first kappa shape index (κ1) is 26.3. The highest BCUT2D eigenvalue weighted by Crippen LogP contribution is 2.28. The van der Waals surface area contributed by atoms with Crippen LogP contribution in [0.25, 0.3) is 22.4 Å². The number of halogens is 3. The molecule has 2 N–H and O–H groups in total. The Morgan fingerprint density at radius 3 is 2.39 bits per heavy atom. The minimum Gasteiger partial charge on any atom is -0.483 e. The molecule has 10 heteroatoms. The smallest absolute Gasteiger partial charge is 0.483 e. The fourth-order valence-corrected chi connectivity index (χ4v) is 3.64. The SMILES string of the molecule is CC(C)c1ccccc1N/N=C/c1ccc2c(c1)nc(-c1ccc(OC(F)(F)F)cc1)n2C.O=CO. The molecule has 4 aromatic rings. The molecule has 7 nitrogen and oxygen atoms in total. The molecule has 0 spiro atoms. The van der Waals surface area contributed by atoms with Gasteiger partial charge in [0.1, 0.15) is 11.6 Å². The Balaban J connectivity index is 0.00000115. The van der Waals surface area contributed by atoms with E-state index < -0.39 is 6.36 Å². The maximum Gasteiger partial charge on any atom is 0.573 e. The molecule has 0 aliphatic carbocycles. The Hall–Kier alpha value is -4.34. The molecular weight excluding hydrogens is 473 g/mol. The van der Waals surface area contributed by atoms with Crippen molar-refractivity contribution < 1.29 is 27.8 Å².